The van der Waals surface area contributed by atoms with Crippen LogP contribution < -0.4 is 5.73 Å². The minimum Gasteiger partial charge on any atom is -0.364 e. The second-order valence-electron chi connectivity index (χ2n) is 2.53. The van der Waals surface area contributed by atoms with Gasteiger partial charge in [-0.05, 0) is 6.08 Å². The molecule has 2 rings (SSSR count). The molecule has 6 nitrogen and oxygen atoms in total. The lowest BCUT2D eigenvalue weighted by molar-refractivity contribution is -0.114. The molecule has 0 aromatic rings. The molecule has 0 spiro atoms. The van der Waals surface area contributed by atoms with E-state index >= 15 is 0 Å². The number of hydrogen-bond acceptors (Lipinski definition) is 5. The SMILES string of the molecule is NC(=O)C1=CCN2C=CN=NC2=N1. The molecule has 13 heavy (non-hydrogen) atoms. The lowest BCUT2D eigenvalue weighted by atomic mass is 10.3. The predicted molar refractivity (Wildman–Crippen MR) is 45.4 cm³/mol. The van der Waals surface area contributed by atoms with Crippen molar-refractivity contribution in [3.8, 4) is 0 Å². The summed E-state index contributed by atoms with van der Waals surface area (Å²) in [6.45, 7) is 0.548. The third-order valence-electron chi connectivity index (χ3n) is 1.67. The number of nitrogens with zero attached hydrogens (tertiary/aromatic N) is 4. The quantitative estimate of drug-likeness (QED) is 0.609. The van der Waals surface area contributed by atoms with Crippen molar-refractivity contribution in [3.63, 3.8) is 0 Å². The zero-order chi connectivity index (χ0) is 9.26. The van der Waals surface area contributed by atoms with Crippen molar-refractivity contribution in [2.45, 2.75) is 0 Å². The van der Waals surface area contributed by atoms with E-state index in [4.69, 9.17) is 5.73 Å². The second-order valence-corrected chi connectivity index (χ2v) is 2.53. The normalized spacial score (nSPS) is 19.2. The Morgan fingerprint density at radius 2 is 2.46 bits per heavy atom. The number of carbonyl (C=O) groups excluding carboxylic acids is 1. The van der Waals surface area contributed by atoms with Crippen LogP contribution in [-0.2, 0) is 4.79 Å². The van der Waals surface area contributed by atoms with Crippen LogP contribution in [0.15, 0.2) is 39.4 Å². The smallest absolute Gasteiger partial charge is 0.267 e. The minimum atomic E-state index is -0.545. The Bertz CT molecular complexity index is 365. The molecule has 0 aliphatic carbocycles. The van der Waals surface area contributed by atoms with E-state index in [1.165, 1.54) is 0 Å². The lowest BCUT2D eigenvalue weighted by Gasteiger charge is -2.21. The first kappa shape index (κ1) is 7.66. The van der Waals surface area contributed by atoms with Gasteiger partial charge in [-0.25, -0.2) is 4.99 Å². The molecule has 0 aromatic carbocycles. The summed E-state index contributed by atoms with van der Waals surface area (Å²) < 4.78 is 0. The van der Waals surface area contributed by atoms with E-state index in [1.54, 1.807) is 23.4 Å². The Morgan fingerprint density at radius 1 is 1.62 bits per heavy atom. The number of rotatable bonds is 1. The van der Waals surface area contributed by atoms with Crippen molar-refractivity contribution >= 4 is 11.9 Å². The van der Waals surface area contributed by atoms with Crippen molar-refractivity contribution in [1.29, 1.82) is 0 Å². The highest BCUT2D eigenvalue weighted by Crippen LogP contribution is 2.12. The molecule has 66 valence electrons. The molecule has 2 aliphatic heterocycles. The van der Waals surface area contributed by atoms with Crippen molar-refractivity contribution in [3.05, 3.63) is 24.2 Å². The van der Waals surface area contributed by atoms with E-state index in [0.717, 1.165) is 0 Å². The molecule has 0 atom stereocenters. The van der Waals surface area contributed by atoms with Gasteiger partial charge in [0.1, 0.15) is 5.70 Å². The third-order valence-corrected chi connectivity index (χ3v) is 1.67. The van der Waals surface area contributed by atoms with E-state index < -0.39 is 5.91 Å². The van der Waals surface area contributed by atoms with Crippen LogP contribution in [0.5, 0.6) is 0 Å². The average molecular weight is 177 g/mol. The van der Waals surface area contributed by atoms with Gasteiger partial charge in [-0.1, -0.05) is 0 Å². The maximum atomic E-state index is 10.8. The fourth-order valence-electron chi connectivity index (χ4n) is 1.04. The van der Waals surface area contributed by atoms with E-state index in [2.05, 4.69) is 15.2 Å². The van der Waals surface area contributed by atoms with Gasteiger partial charge in [0.05, 0.1) is 6.20 Å². The van der Waals surface area contributed by atoms with Crippen molar-refractivity contribution in [2.75, 3.05) is 6.54 Å². The Hall–Kier alpha value is -1.98. The molecule has 0 radical (unpaired) electrons. The second kappa shape index (κ2) is 2.81. The van der Waals surface area contributed by atoms with Gasteiger partial charge in [-0.3, -0.25) is 4.79 Å². The molecule has 0 saturated heterocycles. The Kier molecular flexibility index (Phi) is 1.66. The highest BCUT2D eigenvalue weighted by molar-refractivity contribution is 5.96. The average Bonchev–Trinajstić information content (AvgIpc) is 2.17. The first-order valence-corrected chi connectivity index (χ1v) is 3.70. The molecular formula is C7H7N5O. The molecule has 0 fully saturated rings. The molecule has 0 saturated carbocycles. The zero-order valence-corrected chi connectivity index (χ0v) is 6.71. The molecule has 6 heteroatoms. The topological polar surface area (TPSA) is 83.4 Å². The molecule has 2 N–H and O–H groups in total. The molecule has 2 heterocycles. The number of hydrogen-bond donors (Lipinski definition) is 1. The highest BCUT2D eigenvalue weighted by Gasteiger charge is 2.17. The van der Waals surface area contributed by atoms with Gasteiger partial charge in [-0.15, -0.1) is 5.11 Å². The lowest BCUT2D eigenvalue weighted by Crippen LogP contribution is -2.30. The molecule has 0 unspecified atom stereocenters. The zero-order valence-electron chi connectivity index (χ0n) is 6.71. The summed E-state index contributed by atoms with van der Waals surface area (Å²) in [5.74, 6) is -0.143. The van der Waals surface area contributed by atoms with Crippen LogP contribution in [0.25, 0.3) is 0 Å². The molecule has 1 amide bonds. The standard InChI is InChI=1S/C7H7N5O/c8-6(13)5-1-3-12-4-2-9-11-7(12)10-5/h1-2,4H,3H2,(H2,8,13). The first-order chi connectivity index (χ1) is 6.27. The number of primary amides is 1. The van der Waals surface area contributed by atoms with Crippen LogP contribution in [0.4, 0.5) is 0 Å². The van der Waals surface area contributed by atoms with E-state index in [1.807, 2.05) is 0 Å². The van der Waals surface area contributed by atoms with E-state index in [9.17, 15) is 4.79 Å². The monoisotopic (exact) mass is 177 g/mol. The van der Waals surface area contributed by atoms with Gasteiger partial charge in [0, 0.05) is 12.7 Å². The summed E-state index contributed by atoms with van der Waals surface area (Å²) in [5.41, 5.74) is 5.30. The van der Waals surface area contributed by atoms with Gasteiger partial charge in [0.15, 0.2) is 0 Å². The van der Waals surface area contributed by atoms with Crippen molar-refractivity contribution in [2.24, 2.45) is 21.0 Å². The van der Waals surface area contributed by atoms with Gasteiger partial charge >= 0.3 is 0 Å². The Balaban J connectivity index is 2.30. The fourth-order valence-corrected chi connectivity index (χ4v) is 1.04. The number of nitrogens with two attached hydrogens (primary N) is 1. The third kappa shape index (κ3) is 1.33. The number of guanidine groups is 1. The number of azo groups is 1. The molecule has 2 aliphatic rings. The van der Waals surface area contributed by atoms with Crippen LogP contribution >= 0.6 is 0 Å². The summed E-state index contributed by atoms with van der Waals surface area (Å²) in [6.07, 6.45) is 4.94. The van der Waals surface area contributed by atoms with Crippen LogP contribution in [0.3, 0.4) is 0 Å². The van der Waals surface area contributed by atoms with Crippen LogP contribution in [0, 0.1) is 0 Å². The highest BCUT2D eigenvalue weighted by atomic mass is 16.1. The summed E-state index contributed by atoms with van der Waals surface area (Å²) in [5, 5.41) is 7.40. The van der Waals surface area contributed by atoms with Gasteiger partial charge in [0.2, 0.25) is 5.96 Å². The predicted octanol–water partition coefficient (Wildman–Crippen LogP) is -0.0358. The maximum absolute atomic E-state index is 10.8. The van der Waals surface area contributed by atoms with Gasteiger partial charge in [0.25, 0.3) is 5.91 Å². The number of amides is 1. The van der Waals surface area contributed by atoms with Crippen LogP contribution in [0.2, 0.25) is 0 Å². The summed E-state index contributed by atoms with van der Waals surface area (Å²) in [4.78, 5) is 16.5. The van der Waals surface area contributed by atoms with Crippen LogP contribution in [0.1, 0.15) is 0 Å². The maximum Gasteiger partial charge on any atom is 0.267 e. The Morgan fingerprint density at radius 3 is 3.23 bits per heavy atom. The Labute approximate surface area is 74.1 Å². The minimum absolute atomic E-state index is 0.237. The summed E-state index contributed by atoms with van der Waals surface area (Å²) in [6, 6.07) is 0. The molecular weight excluding hydrogens is 170 g/mol. The number of carbonyl (C=O) groups is 1. The molecule has 0 aromatic heterocycles. The van der Waals surface area contributed by atoms with Crippen molar-refractivity contribution in [1.82, 2.24) is 4.90 Å². The van der Waals surface area contributed by atoms with E-state index in [-0.39, 0.29) is 5.70 Å². The van der Waals surface area contributed by atoms with Gasteiger partial charge in [-0.2, -0.15) is 5.11 Å². The number of fused-ring (bicyclic) bond motifs is 1. The first-order valence-electron chi connectivity index (χ1n) is 3.70. The largest absolute Gasteiger partial charge is 0.364 e. The molecule has 0 bridgehead atoms. The van der Waals surface area contributed by atoms with Gasteiger partial charge < -0.3 is 10.6 Å². The van der Waals surface area contributed by atoms with Crippen molar-refractivity contribution < 1.29 is 4.79 Å². The summed E-state index contributed by atoms with van der Waals surface area (Å²) in [7, 11) is 0. The summed E-state index contributed by atoms with van der Waals surface area (Å²) >= 11 is 0. The fraction of sp³-hybridized carbons (Fsp3) is 0.143. The van der Waals surface area contributed by atoms with E-state index in [0.29, 0.717) is 12.5 Å². The van der Waals surface area contributed by atoms with Crippen LogP contribution in [-0.4, -0.2) is 23.3 Å². The number of aliphatic imine (C=N–C) groups is 1.